The molecule has 1 N–H and O–H groups in total. The van der Waals surface area contributed by atoms with Crippen LogP contribution in [0.5, 0.6) is 0 Å². The highest BCUT2D eigenvalue weighted by Crippen LogP contribution is 2.21. The Kier molecular flexibility index (Phi) is 7.84. The van der Waals surface area contributed by atoms with E-state index in [4.69, 9.17) is 0 Å². The molecule has 36 heavy (non-hydrogen) atoms. The van der Waals surface area contributed by atoms with Gasteiger partial charge in [0.25, 0.3) is 0 Å². The first-order valence-corrected chi connectivity index (χ1v) is 13.2. The molecule has 0 aliphatic rings. The molecular formula is C28H29N5O2S. The van der Waals surface area contributed by atoms with Crippen molar-refractivity contribution in [2.24, 2.45) is 7.05 Å². The van der Waals surface area contributed by atoms with Crippen LogP contribution in [0.3, 0.4) is 0 Å². The average molecular weight is 500 g/mol. The molecule has 0 saturated carbocycles. The lowest BCUT2D eigenvalue weighted by molar-refractivity contribution is 0.534. The first-order valence-electron chi connectivity index (χ1n) is 11.7. The predicted molar refractivity (Wildman–Crippen MR) is 141 cm³/mol. The van der Waals surface area contributed by atoms with Crippen molar-refractivity contribution in [3.05, 3.63) is 114 Å². The van der Waals surface area contributed by atoms with Gasteiger partial charge >= 0.3 is 0 Å². The molecule has 0 radical (unpaired) electrons. The maximum absolute atomic E-state index is 13.4. The summed E-state index contributed by atoms with van der Waals surface area (Å²) in [5.74, 6) is 0. The summed E-state index contributed by atoms with van der Waals surface area (Å²) in [6, 6.07) is 25.9. The normalized spacial score (nSPS) is 12.1. The highest BCUT2D eigenvalue weighted by molar-refractivity contribution is 7.89. The molecule has 184 valence electrons. The topological polar surface area (TPSA) is 91.0 Å². The van der Waals surface area contributed by atoms with Crippen molar-refractivity contribution in [1.82, 2.24) is 14.3 Å². The number of hydrogen-bond donors (Lipinski definition) is 1. The number of nitrogens with one attached hydrogen (secondary N) is 1. The van der Waals surface area contributed by atoms with Crippen LogP contribution in [-0.4, -0.2) is 30.6 Å². The third-order valence-corrected chi connectivity index (χ3v) is 7.78. The van der Waals surface area contributed by atoms with Gasteiger partial charge in [0.1, 0.15) is 0 Å². The van der Waals surface area contributed by atoms with E-state index in [0.717, 1.165) is 16.9 Å². The Morgan fingerprint density at radius 1 is 1.03 bits per heavy atom. The smallest absolute Gasteiger partial charge is 0.241 e. The van der Waals surface area contributed by atoms with Gasteiger partial charge in [-0.25, -0.2) is 18.1 Å². The van der Waals surface area contributed by atoms with Gasteiger partial charge in [-0.2, -0.15) is 5.26 Å². The van der Waals surface area contributed by atoms with Crippen LogP contribution in [0.2, 0.25) is 0 Å². The zero-order valence-electron chi connectivity index (χ0n) is 20.4. The van der Waals surface area contributed by atoms with Crippen LogP contribution < -0.4 is 9.62 Å². The number of anilines is 1. The fourth-order valence-electron chi connectivity index (χ4n) is 4.19. The molecule has 0 bridgehead atoms. The highest BCUT2D eigenvalue weighted by Gasteiger charge is 2.24. The summed E-state index contributed by atoms with van der Waals surface area (Å²) >= 11 is 0. The van der Waals surface area contributed by atoms with Crippen molar-refractivity contribution in [3.63, 3.8) is 0 Å². The van der Waals surface area contributed by atoms with Gasteiger partial charge in [0.05, 0.1) is 35.1 Å². The standard InChI is InChI=1S/C28H29N5O2S/c1-22-8-6-7-11-28(22)36(34,35)31-25(16-23-9-4-3-5-10-23)19-33(20-27-18-30-21-32(27)2)26-14-12-24(17-29)13-15-26/h3-15,18,21,25,31H,16,19-20H2,1-2H3. The molecule has 3 aromatic carbocycles. The van der Waals surface area contributed by atoms with Gasteiger partial charge in [-0.15, -0.1) is 0 Å². The summed E-state index contributed by atoms with van der Waals surface area (Å²) < 4.78 is 31.8. The monoisotopic (exact) mass is 499 g/mol. The molecule has 8 heteroatoms. The number of sulfonamides is 1. The molecule has 0 saturated heterocycles. The number of benzene rings is 3. The second-order valence-electron chi connectivity index (χ2n) is 8.81. The van der Waals surface area contributed by atoms with Crippen LogP contribution in [0.4, 0.5) is 5.69 Å². The summed E-state index contributed by atoms with van der Waals surface area (Å²) in [7, 11) is -1.82. The lowest BCUT2D eigenvalue weighted by Gasteiger charge is -2.30. The first-order chi connectivity index (χ1) is 17.4. The quantitative estimate of drug-likeness (QED) is 0.353. The van der Waals surface area contributed by atoms with Gasteiger partial charge in [-0.1, -0.05) is 48.5 Å². The Labute approximate surface area is 212 Å². The molecule has 1 heterocycles. The van der Waals surface area contributed by atoms with E-state index < -0.39 is 16.1 Å². The molecule has 0 fully saturated rings. The van der Waals surface area contributed by atoms with E-state index in [2.05, 4.69) is 20.7 Å². The molecule has 4 rings (SSSR count). The number of aromatic nitrogens is 2. The van der Waals surface area contributed by atoms with Gasteiger partial charge in [0.2, 0.25) is 10.0 Å². The number of rotatable bonds is 10. The number of nitrogens with zero attached hydrogens (tertiary/aromatic N) is 4. The molecule has 1 unspecified atom stereocenters. The average Bonchev–Trinajstić information content (AvgIpc) is 3.28. The third kappa shape index (κ3) is 6.19. The Hall–Kier alpha value is -3.93. The minimum absolute atomic E-state index is 0.277. The number of nitriles is 1. The van der Waals surface area contributed by atoms with Crippen molar-refractivity contribution < 1.29 is 8.42 Å². The minimum atomic E-state index is -3.76. The SMILES string of the molecule is Cc1ccccc1S(=O)(=O)NC(Cc1ccccc1)CN(Cc1cncn1C)c1ccc(C#N)cc1. The molecule has 1 atom stereocenters. The van der Waals surface area contributed by atoms with E-state index in [1.165, 1.54) is 0 Å². The third-order valence-electron chi connectivity index (χ3n) is 6.10. The molecule has 1 aromatic heterocycles. The predicted octanol–water partition coefficient (Wildman–Crippen LogP) is 4.20. The summed E-state index contributed by atoms with van der Waals surface area (Å²) in [6.07, 6.45) is 4.07. The Balaban J connectivity index is 1.68. The molecule has 0 aliphatic heterocycles. The number of imidazole rings is 1. The van der Waals surface area contributed by atoms with Gasteiger partial charge in [0, 0.05) is 31.5 Å². The van der Waals surface area contributed by atoms with Crippen LogP contribution in [0.1, 0.15) is 22.4 Å². The van der Waals surface area contributed by atoms with E-state index in [-0.39, 0.29) is 4.90 Å². The van der Waals surface area contributed by atoms with Crippen LogP contribution in [0.25, 0.3) is 0 Å². The fourth-order valence-corrected chi connectivity index (χ4v) is 5.66. The lowest BCUT2D eigenvalue weighted by atomic mass is 10.1. The molecule has 0 aliphatic carbocycles. The number of hydrogen-bond acceptors (Lipinski definition) is 5. The molecule has 0 amide bonds. The lowest BCUT2D eigenvalue weighted by Crippen LogP contribution is -2.45. The fraction of sp³-hybridized carbons (Fsp3) is 0.214. The zero-order chi connectivity index (χ0) is 25.5. The summed E-state index contributed by atoms with van der Waals surface area (Å²) in [5, 5.41) is 9.23. The molecular weight excluding hydrogens is 470 g/mol. The van der Waals surface area contributed by atoms with Gasteiger partial charge in [-0.3, -0.25) is 0 Å². The van der Waals surface area contributed by atoms with E-state index in [9.17, 15) is 13.7 Å². The van der Waals surface area contributed by atoms with Crippen LogP contribution in [0, 0.1) is 18.3 Å². The Morgan fingerprint density at radius 2 is 1.72 bits per heavy atom. The van der Waals surface area contributed by atoms with Gasteiger partial charge < -0.3 is 9.47 Å². The first kappa shape index (κ1) is 25.2. The highest BCUT2D eigenvalue weighted by atomic mass is 32.2. The van der Waals surface area contributed by atoms with Crippen molar-refractivity contribution in [2.75, 3.05) is 11.4 Å². The van der Waals surface area contributed by atoms with E-state index in [1.807, 2.05) is 60.1 Å². The van der Waals surface area contributed by atoms with Crippen molar-refractivity contribution in [1.29, 1.82) is 5.26 Å². The van der Waals surface area contributed by atoms with E-state index >= 15 is 0 Å². The number of aryl methyl sites for hydroxylation is 2. The summed E-state index contributed by atoms with van der Waals surface area (Å²) in [4.78, 5) is 6.63. The molecule has 0 spiro atoms. The summed E-state index contributed by atoms with van der Waals surface area (Å²) in [6.45, 7) is 2.74. The second kappa shape index (κ2) is 11.2. The Morgan fingerprint density at radius 3 is 2.36 bits per heavy atom. The van der Waals surface area contributed by atoms with Crippen molar-refractivity contribution in [2.45, 2.75) is 30.8 Å². The van der Waals surface area contributed by atoms with E-state index in [1.54, 1.807) is 49.8 Å². The Bertz CT molecular complexity index is 1440. The molecule has 4 aromatic rings. The van der Waals surface area contributed by atoms with Crippen molar-refractivity contribution in [3.8, 4) is 6.07 Å². The van der Waals surface area contributed by atoms with Gasteiger partial charge in [0.15, 0.2) is 0 Å². The minimum Gasteiger partial charge on any atom is -0.364 e. The zero-order valence-corrected chi connectivity index (χ0v) is 21.2. The summed E-state index contributed by atoms with van der Waals surface area (Å²) in [5.41, 5.74) is 4.18. The van der Waals surface area contributed by atoms with Gasteiger partial charge in [-0.05, 0) is 54.8 Å². The van der Waals surface area contributed by atoms with Crippen molar-refractivity contribution >= 4 is 15.7 Å². The van der Waals surface area contributed by atoms with Crippen LogP contribution in [-0.2, 0) is 30.0 Å². The molecule has 7 nitrogen and oxygen atoms in total. The van der Waals surface area contributed by atoms with Crippen LogP contribution >= 0.6 is 0 Å². The maximum atomic E-state index is 13.4. The largest absolute Gasteiger partial charge is 0.364 e. The second-order valence-corrected chi connectivity index (χ2v) is 10.5. The van der Waals surface area contributed by atoms with E-state index in [0.29, 0.717) is 30.6 Å². The maximum Gasteiger partial charge on any atom is 0.241 e. The van der Waals surface area contributed by atoms with Crippen LogP contribution in [0.15, 0.2) is 96.3 Å².